The molecule has 1 aliphatic carbocycles. The van der Waals surface area contributed by atoms with Crippen molar-refractivity contribution in [2.24, 2.45) is 0 Å². The zero-order chi connectivity index (χ0) is 7.72. The zero-order valence-corrected chi connectivity index (χ0v) is 8.08. The summed E-state index contributed by atoms with van der Waals surface area (Å²) in [4.78, 5) is 0. The molecule has 0 bridgehead atoms. The van der Waals surface area contributed by atoms with Gasteiger partial charge in [0, 0.05) is 10.2 Å². The van der Waals surface area contributed by atoms with Crippen LogP contribution in [0.4, 0.5) is 0 Å². The molecule has 0 saturated carbocycles. The minimum atomic E-state index is 0.223. The molecule has 1 aliphatic rings. The molecule has 4 heteroatoms. The molecule has 0 heterocycles. The summed E-state index contributed by atoms with van der Waals surface area (Å²) in [5, 5.41) is 7.25. The van der Waals surface area contributed by atoms with E-state index in [-0.39, 0.29) is 11.8 Å². The van der Waals surface area contributed by atoms with Gasteiger partial charge in [-0.15, -0.1) is 0 Å². The van der Waals surface area contributed by atoms with E-state index in [1.165, 1.54) is 0 Å². The Bertz CT molecular complexity index is 230. The van der Waals surface area contributed by atoms with Crippen LogP contribution in [0.25, 0.3) is 5.73 Å². The van der Waals surface area contributed by atoms with Crippen LogP contribution in [0.3, 0.4) is 0 Å². The fraction of sp³-hybridized carbons (Fsp3) is 0. The Morgan fingerprint density at radius 2 is 1.90 bits per heavy atom. The lowest BCUT2D eigenvalue weighted by Gasteiger charge is -2.21. The van der Waals surface area contributed by atoms with Crippen LogP contribution in [0, 0.1) is 11.5 Å². The normalized spacial score (nSPS) is 20.5. The first-order valence-electron chi connectivity index (χ1n) is 2.53. The van der Waals surface area contributed by atoms with Crippen molar-refractivity contribution in [1.82, 2.24) is 0 Å². The lowest BCUT2D eigenvalue weighted by atomic mass is 10.1. The number of nitrogens with one attached hydrogen (secondary N) is 2. The highest BCUT2D eigenvalue weighted by Gasteiger charge is 2.09. The molecule has 0 aromatic rings. The van der Waals surface area contributed by atoms with Gasteiger partial charge in [0.25, 0.3) is 0 Å². The highest BCUT2D eigenvalue weighted by Crippen LogP contribution is 2.30. The van der Waals surface area contributed by atoms with E-state index in [4.69, 9.17) is 11.1 Å². The third-order valence-corrected chi connectivity index (χ3v) is 2.14. The molecule has 0 saturated heterocycles. The maximum atomic E-state index is 7.29. The van der Waals surface area contributed by atoms with E-state index in [2.05, 4.69) is 31.9 Å². The second-order valence-corrected chi connectivity index (χ2v) is 3.58. The maximum Gasteiger partial charge on any atom is 0.0223 e. The van der Waals surface area contributed by atoms with Gasteiger partial charge in [0.1, 0.15) is 0 Å². The number of hydrogen-bond acceptors (Lipinski definition) is 1. The molecular weight excluding hydrogens is 260 g/mol. The number of hydrogen-bond donors (Lipinski definition) is 1. The summed E-state index contributed by atoms with van der Waals surface area (Å²) in [6, 6.07) is 0.225. The number of halogens is 2. The molecule has 0 spiro atoms. The zero-order valence-electron chi connectivity index (χ0n) is 4.91. The van der Waals surface area contributed by atoms with Crippen molar-refractivity contribution in [3.05, 3.63) is 32.9 Å². The van der Waals surface area contributed by atoms with Crippen LogP contribution in [-0.2, 0) is 0 Å². The van der Waals surface area contributed by atoms with Crippen LogP contribution in [0.15, 0.2) is 21.1 Å². The highest BCUT2D eigenvalue weighted by atomic mass is 79.9. The van der Waals surface area contributed by atoms with Crippen molar-refractivity contribution in [2.75, 3.05) is 0 Å². The van der Waals surface area contributed by atoms with Gasteiger partial charge in [0.05, 0.1) is 0 Å². The minimum Gasteiger partial charge on any atom is -0.663 e. The largest absolute Gasteiger partial charge is 0.663 e. The van der Waals surface area contributed by atoms with E-state index in [9.17, 15) is 0 Å². The summed E-state index contributed by atoms with van der Waals surface area (Å²) in [7, 11) is 0. The van der Waals surface area contributed by atoms with Crippen LogP contribution >= 0.6 is 31.9 Å². The summed E-state index contributed by atoms with van der Waals surface area (Å²) >= 11 is 6.37. The Morgan fingerprint density at radius 3 is 2.40 bits per heavy atom. The maximum absolute atomic E-state index is 7.29. The summed E-state index contributed by atoms with van der Waals surface area (Å²) in [5.74, 6) is 0. The topological polar surface area (TPSA) is 47.7 Å². The van der Waals surface area contributed by atoms with Crippen molar-refractivity contribution < 1.29 is 0 Å². The van der Waals surface area contributed by atoms with Crippen molar-refractivity contribution in [3.63, 3.8) is 0 Å². The van der Waals surface area contributed by atoms with Crippen molar-refractivity contribution in [3.8, 4) is 0 Å². The molecule has 0 aromatic heterocycles. The van der Waals surface area contributed by atoms with Crippen LogP contribution in [0.1, 0.15) is 0 Å². The Balaban J connectivity index is 2.95. The molecule has 1 radical (unpaired) electrons. The number of rotatable bonds is 0. The van der Waals surface area contributed by atoms with E-state index >= 15 is 0 Å². The molecule has 0 aromatic carbocycles. The standard InChI is InChI=1S/C6H4Br2N2/c7-3-1-4(8)6(10)5(9)2-3/h1-2,9-10H/q-1. The first kappa shape index (κ1) is 8.17. The van der Waals surface area contributed by atoms with E-state index in [0.717, 1.165) is 4.48 Å². The van der Waals surface area contributed by atoms with E-state index in [1.807, 2.05) is 0 Å². The molecule has 2 N–H and O–H groups in total. The summed E-state index contributed by atoms with van der Waals surface area (Å²) in [6.07, 6.45) is 3.34. The Labute approximate surface area is 75.9 Å². The Morgan fingerprint density at radius 1 is 1.30 bits per heavy atom. The third-order valence-electron chi connectivity index (χ3n) is 1.06. The quantitative estimate of drug-likeness (QED) is 0.698. The fourth-order valence-electron chi connectivity index (χ4n) is 0.574. The minimum absolute atomic E-state index is 0.223. The first-order valence-corrected chi connectivity index (χ1v) is 4.12. The third kappa shape index (κ3) is 1.56. The van der Waals surface area contributed by atoms with Crippen LogP contribution in [0.5, 0.6) is 0 Å². The van der Waals surface area contributed by atoms with E-state index in [0.29, 0.717) is 4.48 Å². The number of allylic oxidation sites excluding steroid dienone is 2. The summed E-state index contributed by atoms with van der Waals surface area (Å²) in [5.41, 5.74) is 7.51. The van der Waals surface area contributed by atoms with Crippen LogP contribution in [0.2, 0.25) is 0 Å². The van der Waals surface area contributed by atoms with Gasteiger partial charge in [-0.3, -0.25) is 0 Å². The highest BCUT2D eigenvalue weighted by molar-refractivity contribution is 9.12. The molecule has 1 rings (SSSR count). The average Bonchev–Trinajstić information content (AvgIpc) is 1.82. The molecule has 0 amide bonds. The van der Waals surface area contributed by atoms with Crippen molar-refractivity contribution >= 4 is 37.6 Å². The van der Waals surface area contributed by atoms with Gasteiger partial charge in [-0.2, -0.15) is 0 Å². The summed E-state index contributed by atoms with van der Waals surface area (Å²) in [6.45, 7) is 0. The summed E-state index contributed by atoms with van der Waals surface area (Å²) < 4.78 is 1.47. The first-order chi connectivity index (χ1) is 4.61. The van der Waals surface area contributed by atoms with Crippen LogP contribution < -0.4 is 0 Å². The smallest absolute Gasteiger partial charge is 0.0223 e. The lowest BCUT2D eigenvalue weighted by molar-refractivity contribution is 1.41. The Hall–Kier alpha value is 0.0700. The molecule has 53 valence electrons. The lowest BCUT2D eigenvalue weighted by Crippen LogP contribution is -2.07. The second kappa shape index (κ2) is 2.98. The van der Waals surface area contributed by atoms with Crippen molar-refractivity contribution in [1.29, 1.82) is 5.41 Å². The van der Waals surface area contributed by atoms with E-state index < -0.39 is 0 Å². The molecule has 0 unspecified atom stereocenters. The predicted molar refractivity (Wildman–Crippen MR) is 49.3 cm³/mol. The average molecular weight is 264 g/mol. The van der Waals surface area contributed by atoms with E-state index in [1.54, 1.807) is 12.2 Å². The fourth-order valence-corrected chi connectivity index (χ4v) is 1.80. The predicted octanol–water partition coefficient (Wildman–Crippen LogP) is 3.16. The molecular formula is C6H4Br2N2-. The second-order valence-electron chi connectivity index (χ2n) is 1.81. The SMILES string of the molecule is N=C1C=C(Br)C=C(Br)[C]1[NH-]. The molecule has 0 fully saturated rings. The van der Waals surface area contributed by atoms with Gasteiger partial charge >= 0.3 is 0 Å². The van der Waals surface area contributed by atoms with Crippen molar-refractivity contribution in [2.45, 2.75) is 0 Å². The van der Waals surface area contributed by atoms with Gasteiger partial charge in [0.15, 0.2) is 0 Å². The molecule has 10 heavy (non-hydrogen) atoms. The van der Waals surface area contributed by atoms with Gasteiger partial charge in [-0.25, -0.2) is 0 Å². The molecule has 2 nitrogen and oxygen atoms in total. The Kier molecular flexibility index (Phi) is 2.44. The molecule has 0 atom stereocenters. The monoisotopic (exact) mass is 262 g/mol. The van der Waals surface area contributed by atoms with Gasteiger partial charge in [-0.05, 0) is 16.6 Å². The van der Waals surface area contributed by atoms with Gasteiger partial charge in [-0.1, -0.05) is 37.9 Å². The van der Waals surface area contributed by atoms with Gasteiger partial charge in [0.2, 0.25) is 0 Å². The molecule has 0 aliphatic heterocycles. The van der Waals surface area contributed by atoms with Crippen LogP contribution in [-0.4, -0.2) is 5.71 Å². The van der Waals surface area contributed by atoms with Gasteiger partial charge < -0.3 is 11.1 Å².